The molecule has 0 fully saturated rings. The number of carbonyl (C=O) groups is 1. The molecule has 23 heavy (non-hydrogen) atoms. The average molecular weight is 332 g/mol. The Balaban J connectivity index is 2.09. The lowest BCUT2D eigenvalue weighted by atomic mass is 9.92. The largest absolute Gasteiger partial charge is 0.465 e. The molecular weight excluding hydrogens is 306 g/mol. The van der Waals surface area contributed by atoms with E-state index in [9.17, 15) is 4.79 Å². The minimum Gasteiger partial charge on any atom is -0.465 e. The summed E-state index contributed by atoms with van der Waals surface area (Å²) in [5.41, 5.74) is 2.50. The van der Waals surface area contributed by atoms with Crippen molar-refractivity contribution in [2.24, 2.45) is 5.92 Å². The van der Waals surface area contributed by atoms with Gasteiger partial charge in [0.1, 0.15) is 11.1 Å². The van der Waals surface area contributed by atoms with Crippen LogP contribution < -0.4 is 5.32 Å². The summed E-state index contributed by atoms with van der Waals surface area (Å²) in [6, 6.07) is 12.6. The molecule has 0 spiro atoms. The minimum absolute atomic E-state index is 0.119. The zero-order valence-electron chi connectivity index (χ0n) is 14.1. The molecule has 0 saturated carbocycles. The normalized spacial score (nSPS) is 13.1. The van der Waals surface area contributed by atoms with Crippen molar-refractivity contribution in [3.05, 3.63) is 52.9 Å². The molecule has 124 valence electrons. The molecule has 2 rings (SSSR count). The predicted molar refractivity (Wildman–Crippen MR) is 98.6 cm³/mol. The Hall–Kier alpha value is -1.81. The summed E-state index contributed by atoms with van der Waals surface area (Å²) in [4.78, 5) is 11.2. The predicted octanol–water partition coefficient (Wildman–Crippen LogP) is 5.92. The van der Waals surface area contributed by atoms with Gasteiger partial charge in [-0.05, 0) is 23.8 Å². The molecule has 1 heterocycles. The Bertz CT molecular complexity index is 634. The highest BCUT2D eigenvalue weighted by Crippen LogP contribution is 2.42. The highest BCUT2D eigenvalue weighted by Gasteiger charge is 2.26. The third kappa shape index (κ3) is 4.83. The molecule has 3 nitrogen and oxygen atoms in total. The van der Waals surface area contributed by atoms with Crippen molar-refractivity contribution in [2.75, 3.05) is 5.32 Å². The number of nitrogens with one attached hydrogen (secondary N) is 1. The van der Waals surface area contributed by atoms with Crippen LogP contribution in [0.3, 0.4) is 0 Å². The maximum atomic E-state index is 11.2. The summed E-state index contributed by atoms with van der Waals surface area (Å²) in [7, 11) is -0.119. The van der Waals surface area contributed by atoms with Gasteiger partial charge in [-0.2, -0.15) is 0 Å². The lowest BCUT2D eigenvalue weighted by Crippen LogP contribution is -2.11. The third-order valence-electron chi connectivity index (χ3n) is 4.32. The molecule has 1 aromatic heterocycles. The van der Waals surface area contributed by atoms with E-state index in [1.54, 1.807) is 0 Å². The van der Waals surface area contributed by atoms with E-state index in [1.807, 2.05) is 6.07 Å². The summed E-state index contributed by atoms with van der Waals surface area (Å²) < 4.78 is 0. The van der Waals surface area contributed by atoms with Gasteiger partial charge in [0.25, 0.3) is 5.00 Å². The van der Waals surface area contributed by atoms with E-state index in [0.717, 1.165) is 29.2 Å². The Morgan fingerprint density at radius 1 is 1.17 bits per heavy atom. The standard InChI is InChI=1S/C19H25NO2S/c1-14(2)15(3)17-11-13-23(18(17)20-19(21)22)12-7-10-16-8-5-4-6-9-16/h4-6,8-9,11,13-15,20H,7,10,12H2,1-3H3/p+1. The molecule has 0 aliphatic rings. The van der Waals surface area contributed by atoms with Gasteiger partial charge < -0.3 is 5.11 Å². The molecular formula is C19H26NO2S+. The fraction of sp³-hybridized carbons (Fsp3) is 0.421. The van der Waals surface area contributed by atoms with Crippen molar-refractivity contribution in [2.45, 2.75) is 45.3 Å². The van der Waals surface area contributed by atoms with Crippen LogP contribution in [0, 0.1) is 5.92 Å². The van der Waals surface area contributed by atoms with Crippen LogP contribution in [0.15, 0.2) is 41.8 Å². The number of rotatable bonds is 7. The van der Waals surface area contributed by atoms with Crippen molar-refractivity contribution in [1.82, 2.24) is 0 Å². The smallest absolute Gasteiger partial charge is 0.412 e. The van der Waals surface area contributed by atoms with E-state index < -0.39 is 6.09 Å². The van der Waals surface area contributed by atoms with Crippen LogP contribution in [0.5, 0.6) is 0 Å². The van der Waals surface area contributed by atoms with Gasteiger partial charge in [0, 0.05) is 28.5 Å². The second-order valence-corrected chi connectivity index (χ2v) is 8.22. The van der Waals surface area contributed by atoms with Gasteiger partial charge >= 0.3 is 6.09 Å². The quantitative estimate of drug-likeness (QED) is 0.618. The molecule has 4 heteroatoms. The number of anilines is 1. The van der Waals surface area contributed by atoms with Crippen molar-refractivity contribution in [1.29, 1.82) is 0 Å². The van der Waals surface area contributed by atoms with Crippen LogP contribution >= 0.6 is 10.5 Å². The van der Waals surface area contributed by atoms with E-state index in [-0.39, 0.29) is 10.5 Å². The number of hydrogen-bond acceptors (Lipinski definition) is 1. The Kier molecular flexibility index (Phi) is 6.22. The topological polar surface area (TPSA) is 49.3 Å². The van der Waals surface area contributed by atoms with Crippen LogP contribution in [0.25, 0.3) is 0 Å². The fourth-order valence-electron chi connectivity index (χ4n) is 2.65. The lowest BCUT2D eigenvalue weighted by molar-refractivity contribution is 0.210. The Morgan fingerprint density at radius 2 is 1.87 bits per heavy atom. The summed E-state index contributed by atoms with van der Waals surface area (Å²) in [5.74, 6) is 1.85. The highest BCUT2D eigenvalue weighted by molar-refractivity contribution is 7.33. The maximum Gasteiger partial charge on any atom is 0.412 e. The second-order valence-electron chi connectivity index (χ2n) is 6.27. The molecule has 0 radical (unpaired) electrons. The molecule has 2 aromatic rings. The number of hydrogen-bond donors (Lipinski definition) is 2. The van der Waals surface area contributed by atoms with Crippen LogP contribution in [0.2, 0.25) is 0 Å². The molecule has 1 amide bonds. The van der Waals surface area contributed by atoms with Crippen LogP contribution in [0.4, 0.5) is 9.80 Å². The van der Waals surface area contributed by atoms with Gasteiger partial charge in [-0.15, -0.1) is 0 Å². The number of benzene rings is 1. The van der Waals surface area contributed by atoms with Gasteiger partial charge in [-0.3, -0.25) is 0 Å². The van der Waals surface area contributed by atoms with Crippen molar-refractivity contribution >= 4 is 21.6 Å². The van der Waals surface area contributed by atoms with E-state index in [4.69, 9.17) is 5.11 Å². The van der Waals surface area contributed by atoms with Crippen LogP contribution in [-0.2, 0) is 12.2 Å². The summed E-state index contributed by atoms with van der Waals surface area (Å²) in [6.45, 7) is 6.52. The molecule has 2 unspecified atom stereocenters. The number of thiophene rings is 1. The molecule has 2 atom stereocenters. The summed E-state index contributed by atoms with van der Waals surface area (Å²) in [5, 5.41) is 14.9. The molecule has 0 bridgehead atoms. The maximum absolute atomic E-state index is 11.2. The highest BCUT2D eigenvalue weighted by atomic mass is 32.2. The second kappa shape index (κ2) is 8.16. The van der Waals surface area contributed by atoms with Crippen molar-refractivity contribution < 1.29 is 9.90 Å². The summed E-state index contributed by atoms with van der Waals surface area (Å²) >= 11 is 0. The van der Waals surface area contributed by atoms with Gasteiger partial charge in [0.05, 0.1) is 0 Å². The zero-order chi connectivity index (χ0) is 16.8. The molecule has 2 N–H and O–H groups in total. The van der Waals surface area contributed by atoms with Gasteiger partial charge in [0.15, 0.2) is 0 Å². The Labute approximate surface area is 141 Å². The van der Waals surface area contributed by atoms with E-state index in [1.165, 1.54) is 5.56 Å². The SMILES string of the molecule is CC(C)C(C)c1cc[s+](CCCc2ccccc2)c1NC(=O)O. The van der Waals surface area contributed by atoms with Gasteiger partial charge in [-0.1, -0.05) is 51.1 Å². The summed E-state index contributed by atoms with van der Waals surface area (Å²) in [6.07, 6.45) is 1.14. The number of amides is 1. The average Bonchev–Trinajstić information content (AvgIpc) is 2.89. The van der Waals surface area contributed by atoms with Crippen molar-refractivity contribution in [3.63, 3.8) is 0 Å². The minimum atomic E-state index is -0.960. The molecule has 0 aliphatic heterocycles. The van der Waals surface area contributed by atoms with Gasteiger partial charge in [0.2, 0.25) is 0 Å². The Morgan fingerprint density at radius 3 is 2.48 bits per heavy atom. The number of carboxylic acid groups (broad SMARTS) is 1. The lowest BCUT2D eigenvalue weighted by Gasteiger charge is -2.14. The van der Waals surface area contributed by atoms with Crippen LogP contribution in [-0.4, -0.2) is 11.2 Å². The molecule has 0 aliphatic carbocycles. The first-order valence-electron chi connectivity index (χ1n) is 8.15. The van der Waals surface area contributed by atoms with Crippen LogP contribution in [0.1, 0.15) is 44.2 Å². The first-order chi connectivity index (χ1) is 11.0. The van der Waals surface area contributed by atoms with Gasteiger partial charge in [-0.25, -0.2) is 10.1 Å². The van der Waals surface area contributed by atoms with Crippen molar-refractivity contribution in [3.8, 4) is 0 Å². The van der Waals surface area contributed by atoms with E-state index in [2.05, 4.69) is 61.8 Å². The monoisotopic (exact) mass is 332 g/mol. The number of aryl methyl sites for hydroxylation is 2. The molecule has 1 aromatic carbocycles. The first kappa shape index (κ1) is 17.5. The third-order valence-corrected chi connectivity index (χ3v) is 6.38. The first-order valence-corrected chi connectivity index (χ1v) is 9.60. The van der Waals surface area contributed by atoms with E-state index in [0.29, 0.717) is 11.8 Å². The van der Waals surface area contributed by atoms with E-state index >= 15 is 0 Å². The zero-order valence-corrected chi connectivity index (χ0v) is 14.9. The molecule has 0 saturated heterocycles. The fourth-order valence-corrected chi connectivity index (χ4v) is 4.67.